The van der Waals surface area contributed by atoms with Gasteiger partial charge in [-0.05, 0) is 19.3 Å². The van der Waals surface area contributed by atoms with Crippen LogP contribution >= 0.6 is 11.6 Å². The third kappa shape index (κ3) is 1.75. The third-order valence-corrected chi connectivity index (χ3v) is 3.67. The van der Waals surface area contributed by atoms with Crippen LogP contribution in [0.3, 0.4) is 0 Å². The minimum Gasteiger partial charge on any atom is -0.381 e. The average Bonchev–Trinajstić information content (AvgIpc) is 2.59. The molecule has 0 aromatic carbocycles. The molecule has 16 heavy (non-hydrogen) atoms. The second kappa shape index (κ2) is 4.35. The Morgan fingerprint density at radius 1 is 1.62 bits per heavy atom. The Morgan fingerprint density at radius 3 is 2.94 bits per heavy atom. The van der Waals surface area contributed by atoms with Crippen molar-refractivity contribution in [1.82, 2.24) is 9.78 Å². The number of hydrogen-bond acceptors (Lipinski definition) is 3. The smallest absolute Gasteiger partial charge is 0.134 e. The first-order valence-electron chi connectivity index (χ1n) is 5.52. The van der Waals surface area contributed by atoms with Crippen LogP contribution in [0, 0.1) is 0 Å². The second-order valence-corrected chi connectivity index (χ2v) is 4.77. The molecule has 0 amide bonds. The van der Waals surface area contributed by atoms with E-state index in [1.807, 2.05) is 0 Å². The van der Waals surface area contributed by atoms with Crippen LogP contribution in [0.5, 0.6) is 0 Å². The summed E-state index contributed by atoms with van der Waals surface area (Å²) >= 11 is 6.09. The number of methoxy groups -OCH3 is 1. The summed E-state index contributed by atoms with van der Waals surface area (Å²) in [5.74, 6) is 0. The molecule has 90 valence electrons. The molecular weight excluding hydrogens is 228 g/mol. The predicted octanol–water partition coefficient (Wildman–Crippen LogP) is 1.85. The van der Waals surface area contributed by atoms with Gasteiger partial charge in [0, 0.05) is 14.2 Å². The van der Waals surface area contributed by atoms with Gasteiger partial charge in [0.1, 0.15) is 5.60 Å². The minimum absolute atomic E-state index is 0.200. The van der Waals surface area contributed by atoms with Crippen molar-refractivity contribution in [2.24, 2.45) is 7.05 Å². The van der Waals surface area contributed by atoms with Gasteiger partial charge in [0.05, 0.1) is 23.0 Å². The van der Waals surface area contributed by atoms with Crippen molar-refractivity contribution in [2.75, 3.05) is 7.11 Å². The maximum atomic E-state index is 10.8. The molecule has 1 fully saturated rings. The number of hydrogen-bond donors (Lipinski definition) is 1. The Labute approximate surface area is 100 Å². The molecule has 5 heteroatoms. The summed E-state index contributed by atoms with van der Waals surface area (Å²) in [6, 6.07) is 0. The quantitative estimate of drug-likeness (QED) is 0.864. The lowest BCUT2D eigenvalue weighted by atomic mass is 9.79. The molecule has 0 saturated heterocycles. The molecule has 0 spiro atoms. The zero-order valence-electron chi connectivity index (χ0n) is 9.61. The van der Waals surface area contributed by atoms with Crippen LogP contribution in [0.2, 0.25) is 5.02 Å². The van der Waals surface area contributed by atoms with Crippen LogP contribution in [0.15, 0.2) is 6.20 Å². The summed E-state index contributed by atoms with van der Waals surface area (Å²) in [5.41, 5.74) is -0.337. The molecule has 0 aliphatic heterocycles. The Kier molecular flexibility index (Phi) is 3.24. The number of halogens is 1. The van der Waals surface area contributed by atoms with Crippen LogP contribution in [0.1, 0.15) is 31.4 Å². The van der Waals surface area contributed by atoms with Gasteiger partial charge in [0.25, 0.3) is 0 Å². The molecule has 2 rings (SSSR count). The minimum atomic E-state index is -1.00. The Morgan fingerprint density at radius 2 is 2.38 bits per heavy atom. The predicted molar refractivity (Wildman–Crippen MR) is 61.4 cm³/mol. The highest BCUT2D eigenvalue weighted by Crippen LogP contribution is 2.41. The molecule has 0 radical (unpaired) electrons. The number of nitrogens with zero attached hydrogens (tertiary/aromatic N) is 2. The first-order valence-corrected chi connectivity index (χ1v) is 5.90. The maximum Gasteiger partial charge on any atom is 0.134 e. The molecule has 2 unspecified atom stereocenters. The zero-order chi connectivity index (χ0) is 11.8. The molecule has 1 aliphatic rings. The fraction of sp³-hybridized carbons (Fsp3) is 0.727. The van der Waals surface area contributed by atoms with Crippen molar-refractivity contribution in [3.8, 4) is 0 Å². The normalized spacial score (nSPS) is 30.6. The van der Waals surface area contributed by atoms with Gasteiger partial charge in [0.2, 0.25) is 0 Å². The SMILES string of the molecule is COC1CCCCC1(O)c1c(Cl)cnn1C. The number of aliphatic hydroxyl groups is 1. The Bertz CT molecular complexity index is 361. The molecule has 1 heterocycles. The van der Waals surface area contributed by atoms with Gasteiger partial charge in [-0.15, -0.1) is 0 Å². The van der Waals surface area contributed by atoms with Gasteiger partial charge in [0.15, 0.2) is 0 Å². The van der Waals surface area contributed by atoms with Crippen LogP contribution in [-0.2, 0) is 17.4 Å². The largest absolute Gasteiger partial charge is 0.381 e. The molecule has 2 atom stereocenters. The average molecular weight is 245 g/mol. The van der Waals surface area contributed by atoms with Gasteiger partial charge < -0.3 is 9.84 Å². The highest BCUT2D eigenvalue weighted by atomic mass is 35.5. The van der Waals surface area contributed by atoms with E-state index in [9.17, 15) is 5.11 Å². The Hall–Kier alpha value is -0.580. The number of aromatic nitrogens is 2. The van der Waals surface area contributed by atoms with Crippen molar-refractivity contribution in [3.05, 3.63) is 16.9 Å². The summed E-state index contributed by atoms with van der Waals surface area (Å²) in [6.07, 6.45) is 4.96. The van der Waals surface area contributed by atoms with Crippen LogP contribution in [-0.4, -0.2) is 28.1 Å². The van der Waals surface area contributed by atoms with E-state index in [-0.39, 0.29) is 6.10 Å². The monoisotopic (exact) mass is 244 g/mol. The lowest BCUT2D eigenvalue weighted by Gasteiger charge is -2.39. The van der Waals surface area contributed by atoms with E-state index in [1.54, 1.807) is 25.0 Å². The molecular formula is C11H17ClN2O2. The zero-order valence-corrected chi connectivity index (χ0v) is 10.4. The van der Waals surface area contributed by atoms with Crippen molar-refractivity contribution in [1.29, 1.82) is 0 Å². The molecule has 1 aromatic heterocycles. The van der Waals surface area contributed by atoms with Gasteiger partial charge in [-0.25, -0.2) is 0 Å². The van der Waals surface area contributed by atoms with E-state index in [0.717, 1.165) is 19.3 Å². The van der Waals surface area contributed by atoms with E-state index in [2.05, 4.69) is 5.10 Å². The standard InChI is InChI=1S/C11H17ClN2O2/c1-14-10(8(12)7-13-14)11(15)6-4-3-5-9(11)16-2/h7,9,15H,3-6H2,1-2H3. The molecule has 4 nitrogen and oxygen atoms in total. The van der Waals surface area contributed by atoms with Crippen molar-refractivity contribution < 1.29 is 9.84 Å². The van der Waals surface area contributed by atoms with Crippen molar-refractivity contribution >= 4 is 11.6 Å². The highest BCUT2D eigenvalue weighted by Gasteiger charge is 2.44. The van der Waals surface area contributed by atoms with Crippen molar-refractivity contribution in [2.45, 2.75) is 37.4 Å². The van der Waals surface area contributed by atoms with Gasteiger partial charge in [-0.3, -0.25) is 4.68 Å². The third-order valence-electron chi connectivity index (χ3n) is 3.40. The van der Waals surface area contributed by atoms with E-state index >= 15 is 0 Å². The molecule has 1 saturated carbocycles. The summed E-state index contributed by atoms with van der Waals surface area (Å²) in [5, 5.41) is 15.4. The van der Waals surface area contributed by atoms with E-state index in [1.165, 1.54) is 0 Å². The fourth-order valence-electron chi connectivity index (χ4n) is 2.61. The van der Waals surface area contributed by atoms with Gasteiger partial charge >= 0.3 is 0 Å². The molecule has 0 bridgehead atoms. The van der Waals surface area contributed by atoms with Gasteiger partial charge in [-0.1, -0.05) is 18.0 Å². The molecule has 1 N–H and O–H groups in total. The highest BCUT2D eigenvalue weighted by molar-refractivity contribution is 6.31. The number of aryl methyl sites for hydroxylation is 1. The summed E-state index contributed by atoms with van der Waals surface area (Å²) in [6.45, 7) is 0. The summed E-state index contributed by atoms with van der Waals surface area (Å²) in [4.78, 5) is 0. The van der Waals surface area contributed by atoms with E-state index in [0.29, 0.717) is 17.1 Å². The van der Waals surface area contributed by atoms with Crippen LogP contribution in [0.25, 0.3) is 0 Å². The second-order valence-electron chi connectivity index (χ2n) is 4.36. The van der Waals surface area contributed by atoms with Crippen LogP contribution < -0.4 is 0 Å². The number of ether oxygens (including phenoxy) is 1. The first kappa shape index (κ1) is 11.9. The summed E-state index contributed by atoms with van der Waals surface area (Å²) in [7, 11) is 3.42. The van der Waals surface area contributed by atoms with E-state index < -0.39 is 5.60 Å². The van der Waals surface area contributed by atoms with Crippen molar-refractivity contribution in [3.63, 3.8) is 0 Å². The number of rotatable bonds is 2. The maximum absolute atomic E-state index is 10.8. The first-order chi connectivity index (χ1) is 7.59. The Balaban J connectivity index is 2.42. The lowest BCUT2D eigenvalue weighted by molar-refractivity contribution is -0.126. The molecule has 1 aromatic rings. The van der Waals surface area contributed by atoms with Crippen LogP contribution in [0.4, 0.5) is 0 Å². The van der Waals surface area contributed by atoms with Gasteiger partial charge in [-0.2, -0.15) is 5.10 Å². The fourth-order valence-corrected chi connectivity index (χ4v) is 2.94. The summed E-state index contributed by atoms with van der Waals surface area (Å²) < 4.78 is 7.03. The van der Waals surface area contributed by atoms with E-state index in [4.69, 9.17) is 16.3 Å². The molecule has 1 aliphatic carbocycles. The lowest BCUT2D eigenvalue weighted by Crippen LogP contribution is -2.44. The topological polar surface area (TPSA) is 47.3 Å².